The lowest BCUT2D eigenvalue weighted by molar-refractivity contribution is -0.483. The van der Waals surface area contributed by atoms with E-state index < -0.39 is 0 Å². The first-order chi connectivity index (χ1) is 8.13. The zero-order valence-corrected chi connectivity index (χ0v) is 10.5. The van der Waals surface area contributed by atoms with E-state index in [0.717, 1.165) is 5.56 Å². The maximum Gasteiger partial charge on any atom is 0.211 e. The van der Waals surface area contributed by atoms with Crippen LogP contribution in [0, 0.1) is 10.1 Å². The van der Waals surface area contributed by atoms with E-state index >= 15 is 0 Å². The van der Waals surface area contributed by atoms with Gasteiger partial charge in [-0.25, -0.2) is 0 Å². The first-order valence-electron chi connectivity index (χ1n) is 5.45. The normalized spacial score (nSPS) is 11.8. The maximum absolute atomic E-state index is 10.6. The molecular formula is C12H15NO3S. The highest BCUT2D eigenvalue weighted by Gasteiger charge is 2.19. The van der Waals surface area contributed by atoms with Crippen LogP contribution >= 0.6 is 12.2 Å². The molecule has 0 bridgehead atoms. The van der Waals surface area contributed by atoms with Gasteiger partial charge in [0.05, 0.1) is 12.5 Å². The third-order valence-electron chi connectivity index (χ3n) is 2.36. The van der Waals surface area contributed by atoms with Gasteiger partial charge < -0.3 is 4.74 Å². The smallest absolute Gasteiger partial charge is 0.211 e. The summed E-state index contributed by atoms with van der Waals surface area (Å²) in [6.07, 6.45) is 0.411. The molecule has 0 radical (unpaired) electrons. The molecule has 0 aliphatic rings. The average Bonchev–Trinajstić information content (AvgIpc) is 2.29. The summed E-state index contributed by atoms with van der Waals surface area (Å²) >= 11 is 5.04. The number of ether oxygens (including phenoxy) is 1. The fraction of sp³-hybridized carbons (Fsp3) is 0.417. The van der Waals surface area contributed by atoms with E-state index in [1.807, 2.05) is 37.3 Å². The SMILES string of the molecule is CCOC(=S)CC(C[N+](=O)[O-])c1ccccc1. The second-order valence-electron chi connectivity index (χ2n) is 3.63. The molecule has 1 aromatic rings. The summed E-state index contributed by atoms with van der Waals surface area (Å²) in [4.78, 5) is 10.3. The van der Waals surface area contributed by atoms with Crippen LogP contribution in [0.3, 0.4) is 0 Å². The van der Waals surface area contributed by atoms with Crippen LogP contribution in [0.4, 0.5) is 0 Å². The van der Waals surface area contributed by atoms with Gasteiger partial charge in [0, 0.05) is 11.3 Å². The van der Waals surface area contributed by atoms with Crippen molar-refractivity contribution in [1.82, 2.24) is 0 Å². The molecular weight excluding hydrogens is 238 g/mol. The van der Waals surface area contributed by atoms with E-state index in [0.29, 0.717) is 18.1 Å². The maximum atomic E-state index is 10.6. The number of nitrogens with zero attached hydrogens (tertiary/aromatic N) is 1. The molecule has 0 aromatic heterocycles. The van der Waals surface area contributed by atoms with Crippen LogP contribution in [0.25, 0.3) is 0 Å². The quantitative estimate of drug-likeness (QED) is 0.444. The van der Waals surface area contributed by atoms with Gasteiger partial charge in [0.1, 0.15) is 0 Å². The lowest BCUT2D eigenvalue weighted by atomic mass is 9.96. The molecule has 0 amide bonds. The van der Waals surface area contributed by atoms with Crippen molar-refractivity contribution in [2.24, 2.45) is 0 Å². The minimum absolute atomic E-state index is 0.128. The van der Waals surface area contributed by atoms with E-state index in [9.17, 15) is 10.1 Å². The second kappa shape index (κ2) is 6.96. The van der Waals surface area contributed by atoms with Gasteiger partial charge in [-0.15, -0.1) is 0 Å². The Morgan fingerprint density at radius 1 is 1.47 bits per heavy atom. The number of rotatable bonds is 6. The molecule has 17 heavy (non-hydrogen) atoms. The molecule has 0 N–H and O–H groups in total. The first-order valence-corrected chi connectivity index (χ1v) is 5.86. The predicted molar refractivity (Wildman–Crippen MR) is 69.9 cm³/mol. The van der Waals surface area contributed by atoms with Crippen molar-refractivity contribution < 1.29 is 9.66 Å². The minimum Gasteiger partial charge on any atom is -0.487 e. The largest absolute Gasteiger partial charge is 0.487 e. The molecule has 1 rings (SSSR count). The van der Waals surface area contributed by atoms with E-state index in [1.54, 1.807) is 0 Å². The highest BCUT2D eigenvalue weighted by molar-refractivity contribution is 7.80. The molecule has 0 aliphatic heterocycles. The lowest BCUT2D eigenvalue weighted by Crippen LogP contribution is -2.17. The monoisotopic (exact) mass is 253 g/mol. The van der Waals surface area contributed by atoms with Crippen molar-refractivity contribution in [3.8, 4) is 0 Å². The van der Waals surface area contributed by atoms with Gasteiger partial charge in [0.2, 0.25) is 6.54 Å². The van der Waals surface area contributed by atoms with Crippen LogP contribution in [0.1, 0.15) is 24.8 Å². The molecule has 0 saturated heterocycles. The summed E-state index contributed by atoms with van der Waals surface area (Å²) in [5.74, 6) is -0.217. The third-order valence-corrected chi connectivity index (χ3v) is 2.64. The molecule has 92 valence electrons. The Kier molecular flexibility index (Phi) is 5.56. The van der Waals surface area contributed by atoms with Gasteiger partial charge in [0.15, 0.2) is 5.05 Å². The Balaban J connectivity index is 2.74. The number of thiocarbonyl (C=S) groups is 1. The van der Waals surface area contributed by atoms with Gasteiger partial charge in [0.25, 0.3) is 0 Å². The van der Waals surface area contributed by atoms with Crippen molar-refractivity contribution in [3.05, 3.63) is 46.0 Å². The fourth-order valence-electron chi connectivity index (χ4n) is 1.61. The summed E-state index contributed by atoms with van der Waals surface area (Å²) in [5.41, 5.74) is 0.922. The summed E-state index contributed by atoms with van der Waals surface area (Å²) in [5, 5.41) is 11.1. The number of hydrogen-bond acceptors (Lipinski definition) is 4. The molecule has 1 aromatic carbocycles. The van der Waals surface area contributed by atoms with Gasteiger partial charge in [-0.05, 0) is 24.7 Å². The Morgan fingerprint density at radius 2 is 2.12 bits per heavy atom. The van der Waals surface area contributed by atoms with Crippen LogP contribution in [0.15, 0.2) is 30.3 Å². The van der Waals surface area contributed by atoms with Crippen molar-refractivity contribution in [2.45, 2.75) is 19.3 Å². The molecule has 0 saturated carbocycles. The lowest BCUT2D eigenvalue weighted by Gasteiger charge is -2.13. The zero-order valence-electron chi connectivity index (χ0n) is 9.67. The van der Waals surface area contributed by atoms with Crippen molar-refractivity contribution in [1.29, 1.82) is 0 Å². The van der Waals surface area contributed by atoms with Crippen LogP contribution in [-0.4, -0.2) is 23.1 Å². The standard InChI is InChI=1S/C12H15NO3S/c1-2-16-12(17)8-11(9-13(14)15)10-6-4-3-5-7-10/h3-7,11H,2,8-9H2,1H3. The zero-order chi connectivity index (χ0) is 12.7. The number of nitro groups is 1. The highest BCUT2D eigenvalue weighted by atomic mass is 32.1. The molecule has 0 aliphatic carbocycles. The Bertz CT molecular complexity index is 381. The molecule has 0 heterocycles. The van der Waals surface area contributed by atoms with Crippen LogP contribution < -0.4 is 0 Å². The molecule has 5 heteroatoms. The highest BCUT2D eigenvalue weighted by Crippen LogP contribution is 2.20. The Morgan fingerprint density at radius 3 is 2.65 bits per heavy atom. The van der Waals surface area contributed by atoms with E-state index in [4.69, 9.17) is 17.0 Å². The molecule has 1 unspecified atom stereocenters. The van der Waals surface area contributed by atoms with Crippen molar-refractivity contribution >= 4 is 17.3 Å². The van der Waals surface area contributed by atoms with E-state index in [-0.39, 0.29) is 17.4 Å². The fourth-order valence-corrected chi connectivity index (χ4v) is 1.93. The van der Waals surface area contributed by atoms with Gasteiger partial charge >= 0.3 is 0 Å². The molecule has 0 spiro atoms. The van der Waals surface area contributed by atoms with Gasteiger partial charge in [-0.2, -0.15) is 0 Å². The van der Waals surface area contributed by atoms with E-state index in [1.165, 1.54) is 0 Å². The van der Waals surface area contributed by atoms with Gasteiger partial charge in [-0.3, -0.25) is 10.1 Å². The Hall–Kier alpha value is -1.49. The van der Waals surface area contributed by atoms with Crippen LogP contribution in [0.5, 0.6) is 0 Å². The number of benzene rings is 1. The van der Waals surface area contributed by atoms with Gasteiger partial charge in [-0.1, -0.05) is 30.3 Å². The van der Waals surface area contributed by atoms with Crippen LogP contribution in [0.2, 0.25) is 0 Å². The van der Waals surface area contributed by atoms with Crippen molar-refractivity contribution in [2.75, 3.05) is 13.2 Å². The van der Waals surface area contributed by atoms with Crippen LogP contribution in [-0.2, 0) is 4.74 Å². The minimum atomic E-state index is -0.313. The Labute approximate surface area is 106 Å². The summed E-state index contributed by atoms with van der Waals surface area (Å²) < 4.78 is 5.18. The average molecular weight is 253 g/mol. The third kappa shape index (κ3) is 4.91. The van der Waals surface area contributed by atoms with E-state index in [2.05, 4.69) is 0 Å². The molecule has 0 fully saturated rings. The first kappa shape index (κ1) is 13.6. The number of hydrogen-bond donors (Lipinski definition) is 0. The molecule has 4 nitrogen and oxygen atoms in total. The summed E-state index contributed by atoms with van der Waals surface area (Å²) in [7, 11) is 0. The summed E-state index contributed by atoms with van der Waals surface area (Å²) in [6, 6.07) is 9.37. The van der Waals surface area contributed by atoms with Crippen molar-refractivity contribution in [3.63, 3.8) is 0 Å². The topological polar surface area (TPSA) is 52.4 Å². The molecule has 1 atom stereocenters. The summed E-state index contributed by atoms with van der Waals surface area (Å²) in [6.45, 7) is 2.22. The predicted octanol–water partition coefficient (Wildman–Crippen LogP) is 2.80. The second-order valence-corrected chi connectivity index (χ2v) is 4.09.